The number of rotatable bonds is 8. The highest BCUT2D eigenvalue weighted by Crippen LogP contribution is 2.30. The number of carbonyl (C=O) groups excluding carboxylic acids is 1. The number of methoxy groups -OCH3 is 1. The minimum Gasteiger partial charge on any atom is -0.496 e. The molecule has 0 unspecified atom stereocenters. The van der Waals surface area contributed by atoms with Crippen LogP contribution in [-0.4, -0.2) is 34.2 Å². The first-order valence-electron chi connectivity index (χ1n) is 9.72. The number of sulfonamides is 1. The van der Waals surface area contributed by atoms with Gasteiger partial charge in [0, 0.05) is 5.56 Å². The van der Waals surface area contributed by atoms with Crippen molar-refractivity contribution in [3.63, 3.8) is 0 Å². The van der Waals surface area contributed by atoms with E-state index in [0.29, 0.717) is 15.9 Å². The molecule has 0 radical (unpaired) electrons. The molecule has 0 aliphatic carbocycles. The van der Waals surface area contributed by atoms with Crippen LogP contribution in [0.25, 0.3) is 0 Å². The molecule has 172 valence electrons. The van der Waals surface area contributed by atoms with Crippen molar-refractivity contribution in [2.24, 2.45) is 5.10 Å². The summed E-state index contributed by atoms with van der Waals surface area (Å²) in [5, 5.41) is 3.74. The number of hydrazone groups is 1. The van der Waals surface area contributed by atoms with Gasteiger partial charge < -0.3 is 4.74 Å². The lowest BCUT2D eigenvalue weighted by atomic mass is 10.2. The summed E-state index contributed by atoms with van der Waals surface area (Å²) in [5.74, 6) is -0.722. The number of benzene rings is 3. The number of amides is 1. The van der Waals surface area contributed by atoms with Crippen LogP contribution < -0.4 is 14.5 Å². The van der Waals surface area contributed by atoms with E-state index < -0.39 is 28.3 Å². The number of ether oxygens (including phenoxy) is 1. The molecule has 0 heterocycles. The predicted octanol–water partition coefficient (Wildman–Crippen LogP) is 4.25. The second kappa shape index (κ2) is 10.6. The van der Waals surface area contributed by atoms with E-state index in [-0.39, 0.29) is 10.5 Å². The van der Waals surface area contributed by atoms with Crippen LogP contribution in [0.1, 0.15) is 11.1 Å². The van der Waals surface area contributed by atoms with Gasteiger partial charge in [-0.25, -0.2) is 18.2 Å². The third kappa shape index (κ3) is 5.96. The fourth-order valence-corrected chi connectivity index (χ4v) is 5.02. The zero-order chi connectivity index (χ0) is 24.0. The molecule has 3 aromatic carbocycles. The Labute approximate surface area is 200 Å². The van der Waals surface area contributed by atoms with Crippen LogP contribution in [0, 0.1) is 12.7 Å². The van der Waals surface area contributed by atoms with Gasteiger partial charge in [-0.15, -0.1) is 0 Å². The van der Waals surface area contributed by atoms with Gasteiger partial charge in [-0.3, -0.25) is 9.10 Å². The van der Waals surface area contributed by atoms with Crippen molar-refractivity contribution < 1.29 is 22.3 Å². The molecule has 3 rings (SSSR count). The smallest absolute Gasteiger partial charge is 0.264 e. The Morgan fingerprint density at radius 3 is 2.48 bits per heavy atom. The van der Waals surface area contributed by atoms with E-state index in [1.807, 2.05) is 6.92 Å². The van der Waals surface area contributed by atoms with E-state index in [1.165, 1.54) is 43.5 Å². The van der Waals surface area contributed by atoms with Crippen molar-refractivity contribution in [3.05, 3.63) is 88.1 Å². The first kappa shape index (κ1) is 24.4. The number of halogens is 2. The van der Waals surface area contributed by atoms with Gasteiger partial charge in [0.15, 0.2) is 0 Å². The monoisotopic (exact) mass is 533 g/mol. The maximum Gasteiger partial charge on any atom is 0.264 e. The summed E-state index contributed by atoms with van der Waals surface area (Å²) in [7, 11) is -2.65. The molecule has 3 aromatic rings. The highest BCUT2D eigenvalue weighted by Gasteiger charge is 2.28. The van der Waals surface area contributed by atoms with Gasteiger partial charge in [-0.2, -0.15) is 5.10 Å². The number of carbonyl (C=O) groups is 1. The van der Waals surface area contributed by atoms with Crippen LogP contribution in [0.5, 0.6) is 5.75 Å². The number of aryl methyl sites for hydroxylation is 1. The largest absolute Gasteiger partial charge is 0.496 e. The molecule has 0 aliphatic rings. The Balaban J connectivity index is 1.88. The second-order valence-corrected chi connectivity index (χ2v) is 9.67. The molecule has 0 spiro atoms. The van der Waals surface area contributed by atoms with Crippen LogP contribution in [0.4, 0.5) is 10.1 Å². The number of nitrogens with one attached hydrogen (secondary N) is 1. The van der Waals surface area contributed by atoms with Gasteiger partial charge in [0.1, 0.15) is 18.1 Å². The number of hydrogen-bond acceptors (Lipinski definition) is 5. The zero-order valence-electron chi connectivity index (χ0n) is 17.8. The van der Waals surface area contributed by atoms with Crippen molar-refractivity contribution >= 4 is 43.8 Å². The van der Waals surface area contributed by atoms with Gasteiger partial charge in [0.2, 0.25) is 0 Å². The maximum atomic E-state index is 13.7. The Morgan fingerprint density at radius 1 is 1.15 bits per heavy atom. The maximum absolute atomic E-state index is 13.7. The normalized spacial score (nSPS) is 11.4. The second-order valence-electron chi connectivity index (χ2n) is 6.96. The average molecular weight is 534 g/mol. The number of anilines is 1. The molecule has 33 heavy (non-hydrogen) atoms. The van der Waals surface area contributed by atoms with E-state index in [0.717, 1.165) is 16.1 Å². The lowest BCUT2D eigenvalue weighted by molar-refractivity contribution is -0.119. The first-order valence-corrected chi connectivity index (χ1v) is 11.9. The van der Waals surface area contributed by atoms with E-state index in [4.69, 9.17) is 4.74 Å². The van der Waals surface area contributed by atoms with Crippen molar-refractivity contribution in [1.82, 2.24) is 5.43 Å². The fraction of sp³-hybridized carbons (Fsp3) is 0.130. The van der Waals surface area contributed by atoms with Gasteiger partial charge in [0.25, 0.3) is 15.9 Å². The summed E-state index contributed by atoms with van der Waals surface area (Å²) in [6.45, 7) is 1.33. The number of nitrogens with zero attached hydrogens (tertiary/aromatic N) is 2. The Hall–Kier alpha value is -3.24. The Kier molecular flexibility index (Phi) is 7.83. The highest BCUT2D eigenvalue weighted by molar-refractivity contribution is 9.10. The molecule has 0 aromatic heterocycles. The lowest BCUT2D eigenvalue weighted by Gasteiger charge is -2.24. The van der Waals surface area contributed by atoms with E-state index >= 15 is 0 Å². The molecule has 7 nitrogen and oxygen atoms in total. The van der Waals surface area contributed by atoms with Crippen LogP contribution >= 0.6 is 15.9 Å². The highest BCUT2D eigenvalue weighted by atomic mass is 79.9. The van der Waals surface area contributed by atoms with Crippen LogP contribution in [0.3, 0.4) is 0 Å². The van der Waals surface area contributed by atoms with Crippen molar-refractivity contribution in [2.75, 3.05) is 18.0 Å². The molecule has 0 atom stereocenters. The average Bonchev–Trinajstić information content (AvgIpc) is 2.79. The SMILES string of the molecule is COc1ccc(S(=O)(=O)N(CC(=O)N/N=C/c2ccccc2F)c2ccc(C)cc2)cc1Br. The molecule has 1 N–H and O–H groups in total. The van der Waals surface area contributed by atoms with Gasteiger partial charge in [0.05, 0.1) is 28.4 Å². The van der Waals surface area contributed by atoms with E-state index in [2.05, 4.69) is 26.5 Å². The lowest BCUT2D eigenvalue weighted by Crippen LogP contribution is -2.39. The summed E-state index contributed by atoms with van der Waals surface area (Å²) >= 11 is 3.29. The van der Waals surface area contributed by atoms with Crippen LogP contribution in [-0.2, 0) is 14.8 Å². The van der Waals surface area contributed by atoms with E-state index in [9.17, 15) is 17.6 Å². The molecular formula is C23H21BrFN3O4S. The Morgan fingerprint density at radius 2 is 1.85 bits per heavy atom. The molecule has 0 bridgehead atoms. The Bertz CT molecular complexity index is 1280. The molecule has 0 aliphatic heterocycles. The standard InChI is InChI=1S/C23H21BrFN3O4S/c1-16-7-9-18(10-8-16)28(33(30,31)19-11-12-22(32-2)20(24)13-19)15-23(29)27-26-14-17-5-3-4-6-21(17)25/h3-14H,15H2,1-2H3,(H,27,29)/b26-14+. The topological polar surface area (TPSA) is 88.1 Å². The molecular weight excluding hydrogens is 513 g/mol. The molecule has 1 amide bonds. The number of hydrogen-bond donors (Lipinski definition) is 1. The predicted molar refractivity (Wildman–Crippen MR) is 129 cm³/mol. The molecule has 10 heteroatoms. The summed E-state index contributed by atoms with van der Waals surface area (Å²) in [6.07, 6.45) is 1.15. The van der Waals surface area contributed by atoms with Gasteiger partial charge in [-0.1, -0.05) is 35.9 Å². The van der Waals surface area contributed by atoms with Crippen molar-refractivity contribution in [1.29, 1.82) is 0 Å². The summed E-state index contributed by atoms with van der Waals surface area (Å²) in [4.78, 5) is 12.5. The summed E-state index contributed by atoms with van der Waals surface area (Å²) in [5.41, 5.74) is 3.67. The zero-order valence-corrected chi connectivity index (χ0v) is 20.2. The van der Waals surface area contributed by atoms with Gasteiger partial charge >= 0.3 is 0 Å². The van der Waals surface area contributed by atoms with Crippen molar-refractivity contribution in [2.45, 2.75) is 11.8 Å². The summed E-state index contributed by atoms with van der Waals surface area (Å²) < 4.78 is 47.2. The molecule has 0 fully saturated rings. The third-order valence-electron chi connectivity index (χ3n) is 4.62. The first-order chi connectivity index (χ1) is 15.7. The molecule has 0 saturated carbocycles. The summed E-state index contributed by atoms with van der Waals surface area (Å²) in [6, 6.07) is 17.0. The van der Waals surface area contributed by atoms with Gasteiger partial charge in [-0.05, 0) is 59.3 Å². The molecule has 0 saturated heterocycles. The third-order valence-corrected chi connectivity index (χ3v) is 7.01. The minimum absolute atomic E-state index is 0.0293. The quantitative estimate of drug-likeness (QED) is 0.346. The van der Waals surface area contributed by atoms with Crippen LogP contribution in [0.2, 0.25) is 0 Å². The van der Waals surface area contributed by atoms with Crippen LogP contribution in [0.15, 0.2) is 81.2 Å². The minimum atomic E-state index is -4.12. The van der Waals surface area contributed by atoms with Crippen molar-refractivity contribution in [3.8, 4) is 5.75 Å². The fourth-order valence-electron chi connectivity index (χ4n) is 2.88. The van der Waals surface area contributed by atoms with E-state index in [1.54, 1.807) is 30.3 Å².